The third kappa shape index (κ3) is 3.54. The minimum absolute atomic E-state index is 0.108. The van der Waals surface area contributed by atoms with Crippen molar-refractivity contribution in [2.24, 2.45) is 40.4 Å². The quantitative estimate of drug-likeness (QED) is 0.603. The van der Waals surface area contributed by atoms with Crippen LogP contribution >= 0.6 is 0 Å². The first-order valence-corrected chi connectivity index (χ1v) is 13.4. The van der Waals surface area contributed by atoms with Gasteiger partial charge in [0.15, 0.2) is 0 Å². The molecule has 4 aliphatic carbocycles. The Kier molecular flexibility index (Phi) is 5.93. The second-order valence-electron chi connectivity index (χ2n) is 12.3. The van der Waals surface area contributed by atoms with Gasteiger partial charge < -0.3 is 10.6 Å². The molecule has 0 heterocycles. The number of carbonyl (C=O) groups is 1. The van der Waals surface area contributed by atoms with Crippen LogP contribution in [-0.4, -0.2) is 25.0 Å². The van der Waals surface area contributed by atoms with E-state index < -0.39 is 0 Å². The molecule has 0 aromatic heterocycles. The Morgan fingerprint density at radius 3 is 2.41 bits per heavy atom. The molecule has 0 radical (unpaired) electrons. The lowest BCUT2D eigenvalue weighted by Gasteiger charge is -2.61. The largest absolute Gasteiger partial charge is 0.349 e. The summed E-state index contributed by atoms with van der Waals surface area (Å²) in [5, 5.41) is 6.97. The lowest BCUT2D eigenvalue weighted by atomic mass is 9.44. The molecule has 2 N–H and O–H groups in total. The van der Waals surface area contributed by atoms with Gasteiger partial charge in [0.25, 0.3) is 5.91 Å². The fraction of sp³-hybridized carbons (Fsp3) is 0.759. The van der Waals surface area contributed by atoms with Crippen LogP contribution in [0.4, 0.5) is 0 Å². The molecule has 0 aliphatic heterocycles. The number of fused-ring (bicyclic) bond motifs is 5. The molecule has 32 heavy (non-hydrogen) atoms. The van der Waals surface area contributed by atoms with Crippen molar-refractivity contribution in [3.8, 4) is 0 Å². The van der Waals surface area contributed by atoms with Crippen LogP contribution in [0.25, 0.3) is 0 Å². The molecule has 9 atom stereocenters. The molecule has 3 nitrogen and oxygen atoms in total. The zero-order chi connectivity index (χ0) is 22.5. The number of rotatable bonds is 4. The molecular formula is C29H44N2O. The molecule has 1 amide bonds. The van der Waals surface area contributed by atoms with E-state index in [2.05, 4.69) is 38.5 Å². The molecule has 1 aromatic rings. The van der Waals surface area contributed by atoms with Gasteiger partial charge in [0, 0.05) is 17.6 Å². The summed E-state index contributed by atoms with van der Waals surface area (Å²) in [6, 6.07) is 10.7. The van der Waals surface area contributed by atoms with Crippen LogP contribution < -0.4 is 10.6 Å². The topological polar surface area (TPSA) is 41.1 Å². The average Bonchev–Trinajstić information content (AvgIpc) is 3.16. The second-order valence-corrected chi connectivity index (χ2v) is 12.3. The maximum absolute atomic E-state index is 12.7. The summed E-state index contributed by atoms with van der Waals surface area (Å²) in [5.74, 6) is 4.48. The van der Waals surface area contributed by atoms with E-state index in [0.717, 1.165) is 41.6 Å². The van der Waals surface area contributed by atoms with Crippen molar-refractivity contribution in [2.45, 2.75) is 90.6 Å². The van der Waals surface area contributed by atoms with Crippen molar-refractivity contribution < 1.29 is 4.79 Å². The SMILES string of the molecule is CN[C@@H](C)[C@H]1CC[C@H]2[C@@H]3CC[C@H]4C[C@H](NC(=O)c5ccccc5)CC[C@]4(C)[C@H]3CC[C@]12C. The van der Waals surface area contributed by atoms with E-state index >= 15 is 0 Å². The van der Waals surface area contributed by atoms with Crippen LogP contribution in [0.3, 0.4) is 0 Å². The van der Waals surface area contributed by atoms with Gasteiger partial charge in [-0.3, -0.25) is 4.79 Å². The zero-order valence-corrected chi connectivity index (χ0v) is 20.7. The second kappa shape index (κ2) is 8.46. The Labute approximate surface area is 195 Å². The fourth-order valence-electron chi connectivity index (χ4n) is 9.31. The van der Waals surface area contributed by atoms with Gasteiger partial charge in [0.1, 0.15) is 0 Å². The molecule has 4 aliphatic rings. The molecule has 176 valence electrons. The van der Waals surface area contributed by atoms with Crippen molar-refractivity contribution in [3.63, 3.8) is 0 Å². The standard InChI is InChI=1S/C29H44N2O/c1-19(30-4)24-12-13-25-23-11-10-21-18-22(31-27(32)20-8-6-5-7-9-20)14-16-28(21,2)26(23)15-17-29(24,25)3/h5-9,19,21-26,30H,10-18H2,1-4H3,(H,31,32)/t19-,21-,22+,23-,24+,25-,26-,28-,29+/m0/s1. The first kappa shape index (κ1) is 22.4. The van der Waals surface area contributed by atoms with E-state index in [1.165, 1.54) is 51.4 Å². The molecule has 1 aromatic carbocycles. The molecule has 3 heteroatoms. The van der Waals surface area contributed by atoms with Gasteiger partial charge in [-0.2, -0.15) is 0 Å². The molecule has 4 saturated carbocycles. The Morgan fingerprint density at radius 1 is 0.938 bits per heavy atom. The normalized spacial score (nSPS) is 44.1. The highest BCUT2D eigenvalue weighted by molar-refractivity contribution is 5.94. The number of hydrogen-bond donors (Lipinski definition) is 2. The summed E-state index contributed by atoms with van der Waals surface area (Å²) in [4.78, 5) is 12.7. The van der Waals surface area contributed by atoms with Gasteiger partial charge in [0.2, 0.25) is 0 Å². The minimum Gasteiger partial charge on any atom is -0.349 e. The Bertz CT molecular complexity index is 824. The number of carbonyl (C=O) groups excluding carboxylic acids is 1. The lowest BCUT2D eigenvalue weighted by Crippen LogP contribution is -2.56. The summed E-state index contributed by atoms with van der Waals surface area (Å²) in [7, 11) is 2.15. The summed E-state index contributed by atoms with van der Waals surface area (Å²) in [5.41, 5.74) is 1.81. The molecule has 0 saturated heterocycles. The third-order valence-corrected chi connectivity index (χ3v) is 11.2. The van der Waals surface area contributed by atoms with Crippen LogP contribution in [0, 0.1) is 40.4 Å². The first-order valence-electron chi connectivity index (χ1n) is 13.4. The summed E-state index contributed by atoms with van der Waals surface area (Å²) in [6.07, 6.45) is 12.1. The third-order valence-electron chi connectivity index (χ3n) is 11.2. The predicted molar refractivity (Wildman–Crippen MR) is 131 cm³/mol. The minimum atomic E-state index is 0.108. The zero-order valence-electron chi connectivity index (χ0n) is 20.7. The van der Waals surface area contributed by atoms with Crippen molar-refractivity contribution in [3.05, 3.63) is 35.9 Å². The van der Waals surface area contributed by atoms with Crippen LogP contribution in [-0.2, 0) is 0 Å². The summed E-state index contributed by atoms with van der Waals surface area (Å²) >= 11 is 0. The van der Waals surface area contributed by atoms with Crippen molar-refractivity contribution >= 4 is 5.91 Å². The van der Waals surface area contributed by atoms with Gasteiger partial charge in [-0.05, 0) is 124 Å². The Hall–Kier alpha value is -1.35. The average molecular weight is 437 g/mol. The van der Waals surface area contributed by atoms with E-state index in [9.17, 15) is 4.79 Å². The van der Waals surface area contributed by atoms with Crippen LogP contribution in [0.1, 0.15) is 88.9 Å². The maximum atomic E-state index is 12.7. The van der Waals surface area contributed by atoms with E-state index in [4.69, 9.17) is 0 Å². The molecular weight excluding hydrogens is 392 g/mol. The Balaban J connectivity index is 1.27. The highest BCUT2D eigenvalue weighted by atomic mass is 16.1. The fourth-order valence-corrected chi connectivity index (χ4v) is 9.31. The Morgan fingerprint density at radius 2 is 1.66 bits per heavy atom. The monoisotopic (exact) mass is 436 g/mol. The van der Waals surface area contributed by atoms with Gasteiger partial charge in [0.05, 0.1) is 0 Å². The first-order chi connectivity index (χ1) is 15.4. The number of hydrogen-bond acceptors (Lipinski definition) is 2. The molecule has 0 unspecified atom stereocenters. The number of benzene rings is 1. The van der Waals surface area contributed by atoms with E-state index in [1.807, 2.05) is 30.3 Å². The highest BCUT2D eigenvalue weighted by Crippen LogP contribution is 2.67. The van der Waals surface area contributed by atoms with Gasteiger partial charge in [-0.1, -0.05) is 32.0 Å². The van der Waals surface area contributed by atoms with Gasteiger partial charge in [-0.25, -0.2) is 0 Å². The van der Waals surface area contributed by atoms with Crippen molar-refractivity contribution in [1.29, 1.82) is 0 Å². The van der Waals surface area contributed by atoms with E-state index in [1.54, 1.807) is 0 Å². The van der Waals surface area contributed by atoms with Crippen LogP contribution in [0.2, 0.25) is 0 Å². The lowest BCUT2D eigenvalue weighted by molar-refractivity contribution is -0.115. The number of amides is 1. The predicted octanol–water partition coefficient (Wildman–Crippen LogP) is 6.05. The summed E-state index contributed by atoms with van der Waals surface area (Å²) < 4.78 is 0. The summed E-state index contributed by atoms with van der Waals surface area (Å²) in [6.45, 7) is 7.69. The van der Waals surface area contributed by atoms with E-state index in [-0.39, 0.29) is 5.91 Å². The molecule has 0 spiro atoms. The maximum Gasteiger partial charge on any atom is 0.251 e. The van der Waals surface area contributed by atoms with Crippen molar-refractivity contribution in [2.75, 3.05) is 7.05 Å². The van der Waals surface area contributed by atoms with Gasteiger partial charge in [-0.15, -0.1) is 0 Å². The van der Waals surface area contributed by atoms with E-state index in [0.29, 0.717) is 22.9 Å². The smallest absolute Gasteiger partial charge is 0.251 e. The van der Waals surface area contributed by atoms with Gasteiger partial charge >= 0.3 is 0 Å². The molecule has 5 rings (SSSR count). The number of nitrogens with one attached hydrogen (secondary N) is 2. The highest BCUT2D eigenvalue weighted by Gasteiger charge is 2.60. The van der Waals surface area contributed by atoms with Crippen LogP contribution in [0.5, 0.6) is 0 Å². The van der Waals surface area contributed by atoms with Crippen LogP contribution in [0.15, 0.2) is 30.3 Å². The molecule has 4 fully saturated rings. The van der Waals surface area contributed by atoms with Crippen molar-refractivity contribution in [1.82, 2.24) is 10.6 Å². The molecule has 0 bridgehead atoms.